The van der Waals surface area contributed by atoms with E-state index in [9.17, 15) is 0 Å². The standard InChI is InChI=1S/C15H25N3O/c1-3-9-16-11-13-6-4-8-15(17-13)18(2)12-14-7-5-10-19-14/h4,6,8,14,16H,3,5,7,9-12H2,1-2H3. The highest BCUT2D eigenvalue weighted by molar-refractivity contribution is 5.38. The first kappa shape index (κ1) is 14.3. The molecule has 0 amide bonds. The Kier molecular flexibility index (Phi) is 5.61. The van der Waals surface area contributed by atoms with Gasteiger partial charge in [-0.05, 0) is 37.9 Å². The Morgan fingerprint density at radius 1 is 1.47 bits per heavy atom. The van der Waals surface area contributed by atoms with Gasteiger partial charge in [0.05, 0.1) is 11.8 Å². The minimum atomic E-state index is 0.369. The van der Waals surface area contributed by atoms with Gasteiger partial charge in [-0.2, -0.15) is 0 Å². The second kappa shape index (κ2) is 7.46. The molecule has 1 fully saturated rings. The predicted octanol–water partition coefficient (Wildman–Crippen LogP) is 2.20. The highest BCUT2D eigenvalue weighted by Crippen LogP contribution is 2.16. The maximum Gasteiger partial charge on any atom is 0.128 e. The SMILES string of the molecule is CCCNCc1cccc(N(C)CC2CCCO2)n1. The van der Waals surface area contributed by atoms with Crippen LogP contribution in [0, 0.1) is 0 Å². The average Bonchev–Trinajstić information content (AvgIpc) is 2.92. The summed E-state index contributed by atoms with van der Waals surface area (Å²) in [6.07, 6.45) is 3.88. The largest absolute Gasteiger partial charge is 0.376 e. The van der Waals surface area contributed by atoms with Gasteiger partial charge in [-0.15, -0.1) is 0 Å². The maximum atomic E-state index is 5.67. The molecular formula is C15H25N3O. The fourth-order valence-electron chi connectivity index (χ4n) is 2.36. The maximum absolute atomic E-state index is 5.67. The highest BCUT2D eigenvalue weighted by Gasteiger charge is 2.18. The molecular weight excluding hydrogens is 238 g/mol. The summed E-state index contributed by atoms with van der Waals surface area (Å²) >= 11 is 0. The van der Waals surface area contributed by atoms with Crippen LogP contribution in [0.3, 0.4) is 0 Å². The Morgan fingerprint density at radius 2 is 2.37 bits per heavy atom. The zero-order valence-electron chi connectivity index (χ0n) is 12.1. The van der Waals surface area contributed by atoms with Crippen LogP contribution in [0.25, 0.3) is 0 Å². The average molecular weight is 263 g/mol. The molecule has 1 aliphatic heterocycles. The lowest BCUT2D eigenvalue weighted by Crippen LogP contribution is -2.29. The van der Waals surface area contributed by atoms with Crippen LogP contribution in [0.4, 0.5) is 5.82 Å². The van der Waals surface area contributed by atoms with E-state index < -0.39 is 0 Å². The van der Waals surface area contributed by atoms with E-state index in [0.29, 0.717) is 6.10 Å². The van der Waals surface area contributed by atoms with E-state index in [-0.39, 0.29) is 0 Å². The Labute approximate surface area is 116 Å². The molecule has 1 atom stereocenters. The fraction of sp³-hybridized carbons (Fsp3) is 0.667. The van der Waals surface area contributed by atoms with Crippen molar-refractivity contribution in [1.29, 1.82) is 0 Å². The zero-order chi connectivity index (χ0) is 13.5. The molecule has 2 rings (SSSR count). The number of anilines is 1. The van der Waals surface area contributed by atoms with Gasteiger partial charge in [-0.25, -0.2) is 4.98 Å². The van der Waals surface area contributed by atoms with Crippen LogP contribution < -0.4 is 10.2 Å². The molecule has 1 N–H and O–H groups in total. The van der Waals surface area contributed by atoms with Crippen molar-refractivity contribution in [2.45, 2.75) is 38.8 Å². The van der Waals surface area contributed by atoms with E-state index >= 15 is 0 Å². The molecule has 1 unspecified atom stereocenters. The van der Waals surface area contributed by atoms with Crippen molar-refractivity contribution < 1.29 is 4.74 Å². The molecule has 0 saturated carbocycles. The summed E-state index contributed by atoms with van der Waals surface area (Å²) in [5, 5.41) is 3.38. The van der Waals surface area contributed by atoms with Crippen molar-refractivity contribution in [2.24, 2.45) is 0 Å². The van der Waals surface area contributed by atoms with E-state index in [1.807, 2.05) is 0 Å². The number of likely N-dealkylation sites (N-methyl/N-ethyl adjacent to an activating group) is 1. The van der Waals surface area contributed by atoms with Crippen molar-refractivity contribution >= 4 is 5.82 Å². The van der Waals surface area contributed by atoms with Gasteiger partial charge in [0.2, 0.25) is 0 Å². The molecule has 2 heterocycles. The molecule has 0 aromatic carbocycles. The molecule has 0 bridgehead atoms. The number of hydrogen-bond acceptors (Lipinski definition) is 4. The van der Waals surface area contributed by atoms with Crippen molar-refractivity contribution in [1.82, 2.24) is 10.3 Å². The number of rotatable bonds is 7. The Hall–Kier alpha value is -1.13. The van der Waals surface area contributed by atoms with E-state index in [2.05, 4.69) is 42.4 Å². The molecule has 0 spiro atoms. The first-order valence-corrected chi connectivity index (χ1v) is 7.29. The van der Waals surface area contributed by atoms with E-state index in [4.69, 9.17) is 9.72 Å². The number of nitrogens with one attached hydrogen (secondary N) is 1. The summed E-state index contributed by atoms with van der Waals surface area (Å²) in [6, 6.07) is 6.22. The second-order valence-electron chi connectivity index (χ2n) is 5.18. The molecule has 19 heavy (non-hydrogen) atoms. The Balaban J connectivity index is 1.89. The molecule has 1 aromatic heterocycles. The summed E-state index contributed by atoms with van der Waals surface area (Å²) < 4.78 is 5.67. The number of ether oxygens (including phenoxy) is 1. The number of nitrogens with zero attached hydrogens (tertiary/aromatic N) is 2. The first-order chi connectivity index (χ1) is 9.29. The zero-order valence-corrected chi connectivity index (χ0v) is 12.1. The topological polar surface area (TPSA) is 37.4 Å². The third-order valence-corrected chi connectivity index (χ3v) is 3.42. The van der Waals surface area contributed by atoms with Gasteiger partial charge < -0.3 is 15.0 Å². The Morgan fingerprint density at radius 3 is 3.11 bits per heavy atom. The van der Waals surface area contributed by atoms with Crippen LogP contribution in [0.5, 0.6) is 0 Å². The van der Waals surface area contributed by atoms with Crippen molar-refractivity contribution in [3.05, 3.63) is 23.9 Å². The van der Waals surface area contributed by atoms with Gasteiger partial charge in [0.1, 0.15) is 5.82 Å². The van der Waals surface area contributed by atoms with Crippen LogP contribution in [0.15, 0.2) is 18.2 Å². The van der Waals surface area contributed by atoms with E-state index in [0.717, 1.165) is 44.2 Å². The van der Waals surface area contributed by atoms with E-state index in [1.54, 1.807) is 0 Å². The number of pyridine rings is 1. The lowest BCUT2D eigenvalue weighted by Gasteiger charge is -2.22. The first-order valence-electron chi connectivity index (χ1n) is 7.29. The molecule has 1 aromatic rings. The van der Waals surface area contributed by atoms with Gasteiger partial charge in [-0.3, -0.25) is 0 Å². The highest BCUT2D eigenvalue weighted by atomic mass is 16.5. The predicted molar refractivity (Wildman–Crippen MR) is 78.5 cm³/mol. The molecule has 4 nitrogen and oxygen atoms in total. The van der Waals surface area contributed by atoms with Gasteiger partial charge in [0, 0.05) is 26.7 Å². The van der Waals surface area contributed by atoms with Crippen molar-refractivity contribution in [2.75, 3.05) is 31.6 Å². The molecule has 1 aliphatic rings. The molecule has 4 heteroatoms. The lowest BCUT2D eigenvalue weighted by atomic mass is 10.2. The van der Waals surface area contributed by atoms with Crippen LogP contribution >= 0.6 is 0 Å². The van der Waals surface area contributed by atoms with Crippen molar-refractivity contribution in [3.63, 3.8) is 0 Å². The smallest absolute Gasteiger partial charge is 0.128 e. The molecule has 0 aliphatic carbocycles. The minimum absolute atomic E-state index is 0.369. The third-order valence-electron chi connectivity index (χ3n) is 3.42. The van der Waals surface area contributed by atoms with Gasteiger partial charge in [-0.1, -0.05) is 13.0 Å². The summed E-state index contributed by atoms with van der Waals surface area (Å²) in [4.78, 5) is 6.89. The lowest BCUT2D eigenvalue weighted by molar-refractivity contribution is 0.116. The van der Waals surface area contributed by atoms with Crippen molar-refractivity contribution in [3.8, 4) is 0 Å². The number of hydrogen-bond donors (Lipinski definition) is 1. The fourth-order valence-corrected chi connectivity index (χ4v) is 2.36. The monoisotopic (exact) mass is 263 g/mol. The van der Waals surface area contributed by atoms with Gasteiger partial charge >= 0.3 is 0 Å². The van der Waals surface area contributed by atoms with Crippen LogP contribution in [-0.4, -0.2) is 37.8 Å². The minimum Gasteiger partial charge on any atom is -0.376 e. The van der Waals surface area contributed by atoms with Crippen LogP contribution in [0.1, 0.15) is 31.9 Å². The quantitative estimate of drug-likeness (QED) is 0.765. The molecule has 0 radical (unpaired) electrons. The summed E-state index contributed by atoms with van der Waals surface area (Å²) in [7, 11) is 2.09. The molecule has 106 valence electrons. The van der Waals surface area contributed by atoms with Gasteiger partial charge in [0.15, 0.2) is 0 Å². The summed E-state index contributed by atoms with van der Waals surface area (Å²) in [6.45, 7) is 5.89. The van der Waals surface area contributed by atoms with Gasteiger partial charge in [0.25, 0.3) is 0 Å². The normalized spacial score (nSPS) is 18.7. The second-order valence-corrected chi connectivity index (χ2v) is 5.18. The van der Waals surface area contributed by atoms with E-state index in [1.165, 1.54) is 12.8 Å². The summed E-state index contributed by atoms with van der Waals surface area (Å²) in [5.74, 6) is 1.03. The molecule has 1 saturated heterocycles. The van der Waals surface area contributed by atoms with Crippen LogP contribution in [-0.2, 0) is 11.3 Å². The summed E-state index contributed by atoms with van der Waals surface area (Å²) in [5.41, 5.74) is 1.10. The number of aromatic nitrogens is 1. The van der Waals surface area contributed by atoms with Crippen LogP contribution in [0.2, 0.25) is 0 Å². The Bertz CT molecular complexity index is 377. The third kappa shape index (κ3) is 4.48.